The number of likely N-dealkylation sites (tertiary alicyclic amines) is 1. The van der Waals surface area contributed by atoms with E-state index in [-0.39, 0.29) is 6.09 Å². The minimum atomic E-state index is -0.633. The van der Waals surface area contributed by atoms with Crippen LogP contribution in [0.25, 0.3) is 0 Å². The highest BCUT2D eigenvalue weighted by molar-refractivity contribution is 9.09. The van der Waals surface area contributed by atoms with Gasteiger partial charge in [-0.05, 0) is 46.0 Å². The van der Waals surface area contributed by atoms with Crippen LogP contribution in [0.4, 0.5) is 4.79 Å². The molecule has 1 aliphatic rings. The molecule has 1 rings (SSSR count). The van der Waals surface area contributed by atoms with Gasteiger partial charge in [0.1, 0.15) is 5.60 Å². The first-order valence-electron chi connectivity index (χ1n) is 6.91. The van der Waals surface area contributed by atoms with Crippen molar-refractivity contribution >= 4 is 22.0 Å². The Hall–Kier alpha value is -0.290. The fourth-order valence-corrected chi connectivity index (χ4v) is 2.57. The second-order valence-corrected chi connectivity index (χ2v) is 7.30. The summed E-state index contributed by atoms with van der Waals surface area (Å²) in [6.45, 7) is 8.85. The Balaban J connectivity index is 2.46. The Bertz CT molecular complexity index is 306. The van der Waals surface area contributed by atoms with Crippen molar-refractivity contribution in [2.24, 2.45) is 5.92 Å². The zero-order valence-corrected chi connectivity index (χ0v) is 14.0. The number of piperidine rings is 1. The molecule has 1 aliphatic heterocycles. The smallest absolute Gasteiger partial charge is 0.410 e. The molecule has 112 valence electrons. The van der Waals surface area contributed by atoms with Crippen LogP contribution >= 0.6 is 15.9 Å². The van der Waals surface area contributed by atoms with E-state index < -0.39 is 11.2 Å². The molecule has 19 heavy (non-hydrogen) atoms. The summed E-state index contributed by atoms with van der Waals surface area (Å²) in [6.07, 6.45) is 1.76. The third kappa shape index (κ3) is 5.69. The van der Waals surface area contributed by atoms with Crippen molar-refractivity contribution in [2.75, 3.05) is 18.4 Å². The van der Waals surface area contributed by atoms with E-state index in [1.807, 2.05) is 20.8 Å². The van der Waals surface area contributed by atoms with Crippen LogP contribution in [0.15, 0.2) is 0 Å². The van der Waals surface area contributed by atoms with Crippen LogP contribution in [0.5, 0.6) is 0 Å². The molecule has 1 unspecified atom stereocenters. The lowest BCUT2D eigenvalue weighted by molar-refractivity contribution is -0.0424. The van der Waals surface area contributed by atoms with Gasteiger partial charge < -0.3 is 14.7 Å². The summed E-state index contributed by atoms with van der Waals surface area (Å²) < 4.78 is 5.35. The molecule has 1 N–H and O–H groups in total. The van der Waals surface area contributed by atoms with Gasteiger partial charge in [0.25, 0.3) is 0 Å². The Morgan fingerprint density at radius 1 is 1.42 bits per heavy atom. The summed E-state index contributed by atoms with van der Waals surface area (Å²) in [4.78, 5) is 13.6. The number of hydrogen-bond acceptors (Lipinski definition) is 3. The fourth-order valence-electron chi connectivity index (χ4n) is 2.34. The van der Waals surface area contributed by atoms with Gasteiger partial charge >= 0.3 is 6.09 Å². The second-order valence-electron chi connectivity index (χ2n) is 6.66. The standard InChI is InChI=1S/C14H26BrNO3/c1-11(10-15)9-14(18)5-7-16(8-6-14)12(17)19-13(2,3)4/h11,18H,5-10H2,1-4H3. The van der Waals surface area contributed by atoms with Crippen LogP contribution in [-0.4, -0.2) is 45.7 Å². The molecule has 0 aromatic rings. The summed E-state index contributed by atoms with van der Waals surface area (Å²) in [5.41, 5.74) is -1.10. The predicted octanol–water partition coefficient (Wildman–Crippen LogP) is 3.17. The molecule has 0 aromatic heterocycles. The van der Waals surface area contributed by atoms with Gasteiger partial charge in [0.15, 0.2) is 0 Å². The van der Waals surface area contributed by atoms with Crippen molar-refractivity contribution < 1.29 is 14.6 Å². The van der Waals surface area contributed by atoms with E-state index >= 15 is 0 Å². The zero-order chi connectivity index (χ0) is 14.7. The number of aliphatic hydroxyl groups is 1. The van der Waals surface area contributed by atoms with Gasteiger partial charge in [0.05, 0.1) is 5.60 Å². The molecule has 1 amide bonds. The first-order chi connectivity index (χ1) is 8.65. The number of carbonyl (C=O) groups is 1. The number of rotatable bonds is 3. The molecule has 1 saturated heterocycles. The van der Waals surface area contributed by atoms with Crippen molar-refractivity contribution in [3.8, 4) is 0 Å². The minimum Gasteiger partial charge on any atom is -0.444 e. The van der Waals surface area contributed by atoms with Crippen LogP contribution in [0.2, 0.25) is 0 Å². The van der Waals surface area contributed by atoms with Crippen molar-refractivity contribution in [1.29, 1.82) is 0 Å². The van der Waals surface area contributed by atoms with Crippen LogP contribution in [-0.2, 0) is 4.74 Å². The number of hydrogen-bond donors (Lipinski definition) is 1. The van der Waals surface area contributed by atoms with Crippen LogP contribution < -0.4 is 0 Å². The van der Waals surface area contributed by atoms with E-state index in [1.54, 1.807) is 4.90 Å². The Labute approximate surface area is 124 Å². The first-order valence-corrected chi connectivity index (χ1v) is 8.04. The maximum atomic E-state index is 11.9. The summed E-state index contributed by atoms with van der Waals surface area (Å²) in [5, 5.41) is 11.4. The van der Waals surface area contributed by atoms with E-state index in [9.17, 15) is 9.90 Å². The molecular weight excluding hydrogens is 310 g/mol. The highest BCUT2D eigenvalue weighted by atomic mass is 79.9. The van der Waals surface area contributed by atoms with Crippen LogP contribution in [0.1, 0.15) is 47.0 Å². The summed E-state index contributed by atoms with van der Waals surface area (Å²) >= 11 is 3.44. The molecule has 5 heteroatoms. The van der Waals surface area contributed by atoms with E-state index in [0.29, 0.717) is 31.8 Å². The highest BCUT2D eigenvalue weighted by Gasteiger charge is 2.36. The molecule has 1 atom stereocenters. The lowest BCUT2D eigenvalue weighted by atomic mass is 9.84. The number of halogens is 1. The van der Waals surface area contributed by atoms with E-state index in [2.05, 4.69) is 22.9 Å². The normalized spacial score (nSPS) is 21.1. The predicted molar refractivity (Wildman–Crippen MR) is 79.6 cm³/mol. The number of carbonyl (C=O) groups excluding carboxylic acids is 1. The molecule has 0 aromatic carbocycles. The molecule has 1 heterocycles. The summed E-state index contributed by atoms with van der Waals surface area (Å²) in [5.74, 6) is 0.443. The molecule has 1 fully saturated rings. The second kappa shape index (κ2) is 6.44. The van der Waals surface area contributed by atoms with Gasteiger partial charge in [-0.2, -0.15) is 0 Å². The lowest BCUT2D eigenvalue weighted by Crippen LogP contribution is -2.48. The molecule has 0 bridgehead atoms. The molecule has 0 radical (unpaired) electrons. The molecule has 4 nitrogen and oxygen atoms in total. The fraction of sp³-hybridized carbons (Fsp3) is 0.929. The molecular formula is C14H26BrNO3. The van der Waals surface area contributed by atoms with Crippen molar-refractivity contribution in [1.82, 2.24) is 4.90 Å². The zero-order valence-electron chi connectivity index (χ0n) is 12.4. The van der Waals surface area contributed by atoms with Gasteiger partial charge in [0, 0.05) is 18.4 Å². The Kier molecular flexibility index (Phi) is 5.68. The minimum absolute atomic E-state index is 0.275. The monoisotopic (exact) mass is 335 g/mol. The van der Waals surface area contributed by atoms with Gasteiger partial charge in [-0.25, -0.2) is 4.79 Å². The first kappa shape index (κ1) is 16.8. The molecule has 0 saturated carbocycles. The average Bonchev–Trinajstić information content (AvgIpc) is 2.26. The number of nitrogens with zero attached hydrogens (tertiary/aromatic N) is 1. The van der Waals surface area contributed by atoms with Gasteiger partial charge in [0.2, 0.25) is 0 Å². The maximum Gasteiger partial charge on any atom is 0.410 e. The number of alkyl halides is 1. The van der Waals surface area contributed by atoms with E-state index in [0.717, 1.165) is 11.8 Å². The Morgan fingerprint density at radius 2 is 1.95 bits per heavy atom. The summed E-state index contributed by atoms with van der Waals surface area (Å²) in [7, 11) is 0. The van der Waals surface area contributed by atoms with Crippen molar-refractivity contribution in [2.45, 2.75) is 58.2 Å². The lowest BCUT2D eigenvalue weighted by Gasteiger charge is -2.39. The average molecular weight is 336 g/mol. The SMILES string of the molecule is CC(CBr)CC1(O)CCN(C(=O)OC(C)(C)C)CC1. The highest BCUT2D eigenvalue weighted by Crippen LogP contribution is 2.30. The number of amides is 1. The van der Waals surface area contributed by atoms with Crippen molar-refractivity contribution in [3.63, 3.8) is 0 Å². The largest absolute Gasteiger partial charge is 0.444 e. The van der Waals surface area contributed by atoms with E-state index in [1.165, 1.54) is 0 Å². The quantitative estimate of drug-likeness (QED) is 0.806. The van der Waals surface area contributed by atoms with Crippen LogP contribution in [0.3, 0.4) is 0 Å². The van der Waals surface area contributed by atoms with Crippen molar-refractivity contribution in [3.05, 3.63) is 0 Å². The van der Waals surface area contributed by atoms with Gasteiger partial charge in [-0.3, -0.25) is 0 Å². The maximum absolute atomic E-state index is 11.9. The van der Waals surface area contributed by atoms with Gasteiger partial charge in [-0.15, -0.1) is 0 Å². The third-order valence-electron chi connectivity index (χ3n) is 3.34. The molecule has 0 spiro atoms. The Morgan fingerprint density at radius 3 is 2.37 bits per heavy atom. The summed E-state index contributed by atoms with van der Waals surface area (Å²) in [6, 6.07) is 0. The van der Waals surface area contributed by atoms with E-state index in [4.69, 9.17) is 4.74 Å². The topological polar surface area (TPSA) is 49.8 Å². The van der Waals surface area contributed by atoms with Crippen LogP contribution in [0, 0.1) is 5.92 Å². The van der Waals surface area contributed by atoms with Gasteiger partial charge in [-0.1, -0.05) is 22.9 Å². The third-order valence-corrected chi connectivity index (χ3v) is 4.44. The molecule has 0 aliphatic carbocycles. The number of ether oxygens (including phenoxy) is 1.